The first-order valence-electron chi connectivity index (χ1n) is 10.8. The molecule has 1 aliphatic rings. The lowest BCUT2D eigenvalue weighted by atomic mass is 9.96. The zero-order valence-corrected chi connectivity index (χ0v) is 18.1. The van der Waals surface area contributed by atoms with Crippen LogP contribution in [0.2, 0.25) is 0 Å². The Bertz CT molecular complexity index is 1060. The number of ether oxygens (including phenoxy) is 1. The Labute approximate surface area is 188 Å². The lowest BCUT2D eigenvalue weighted by molar-refractivity contribution is -0.121. The highest BCUT2D eigenvalue weighted by Crippen LogP contribution is 2.26. The van der Waals surface area contributed by atoms with Gasteiger partial charge >= 0.3 is 6.03 Å². The fourth-order valence-corrected chi connectivity index (χ4v) is 3.91. The lowest BCUT2D eigenvalue weighted by Gasteiger charge is -2.31. The summed E-state index contributed by atoms with van der Waals surface area (Å²) in [6.07, 6.45) is 1.25. The second-order valence-corrected chi connectivity index (χ2v) is 7.82. The quantitative estimate of drug-likeness (QED) is 0.582. The van der Waals surface area contributed by atoms with E-state index in [0.717, 1.165) is 16.8 Å². The predicted molar refractivity (Wildman–Crippen MR) is 127 cm³/mol. The summed E-state index contributed by atoms with van der Waals surface area (Å²) in [6.45, 7) is 1.08. The van der Waals surface area contributed by atoms with Crippen molar-refractivity contribution in [2.45, 2.75) is 12.8 Å². The van der Waals surface area contributed by atoms with E-state index in [4.69, 9.17) is 4.74 Å². The maximum Gasteiger partial charge on any atom is 0.321 e. The van der Waals surface area contributed by atoms with Crippen LogP contribution in [-0.4, -0.2) is 37.0 Å². The number of urea groups is 1. The zero-order chi connectivity index (χ0) is 22.3. The average Bonchev–Trinajstić information content (AvgIpc) is 2.85. The molecule has 32 heavy (non-hydrogen) atoms. The van der Waals surface area contributed by atoms with Crippen molar-refractivity contribution in [3.63, 3.8) is 0 Å². The number of carbonyl (C=O) groups is 2. The second kappa shape index (κ2) is 10.0. The Morgan fingerprint density at radius 3 is 2.12 bits per heavy atom. The van der Waals surface area contributed by atoms with Gasteiger partial charge in [0, 0.05) is 24.7 Å². The van der Waals surface area contributed by atoms with Crippen LogP contribution in [0.5, 0.6) is 5.75 Å². The Hall–Kier alpha value is -3.80. The SMILES string of the molecule is COc1ccccc1NC(=O)C1CCN(C(=O)Nc2ccc(-c3ccccc3)cc2)CC1. The molecule has 6 nitrogen and oxygen atoms in total. The number of rotatable bonds is 5. The van der Waals surface area contributed by atoms with Gasteiger partial charge < -0.3 is 20.3 Å². The number of nitrogens with zero attached hydrogens (tertiary/aromatic N) is 1. The molecule has 0 spiro atoms. The second-order valence-electron chi connectivity index (χ2n) is 7.82. The van der Waals surface area contributed by atoms with Gasteiger partial charge in [0.05, 0.1) is 12.8 Å². The highest BCUT2D eigenvalue weighted by atomic mass is 16.5. The number of likely N-dealkylation sites (tertiary alicyclic amines) is 1. The number of para-hydroxylation sites is 2. The predicted octanol–water partition coefficient (Wildman–Crippen LogP) is 5.24. The first kappa shape index (κ1) is 21.4. The third kappa shape index (κ3) is 5.09. The van der Waals surface area contributed by atoms with E-state index in [0.29, 0.717) is 37.4 Å². The van der Waals surface area contributed by atoms with Gasteiger partial charge in [0.15, 0.2) is 0 Å². The van der Waals surface area contributed by atoms with Gasteiger partial charge in [-0.15, -0.1) is 0 Å². The number of hydrogen-bond acceptors (Lipinski definition) is 3. The van der Waals surface area contributed by atoms with Gasteiger partial charge in [0.2, 0.25) is 5.91 Å². The minimum atomic E-state index is -0.138. The molecule has 3 aromatic rings. The van der Waals surface area contributed by atoms with Crippen molar-refractivity contribution in [1.82, 2.24) is 4.90 Å². The third-order valence-electron chi connectivity index (χ3n) is 5.76. The summed E-state index contributed by atoms with van der Waals surface area (Å²) in [6, 6.07) is 25.2. The molecule has 3 aromatic carbocycles. The molecule has 1 saturated heterocycles. The number of nitrogens with one attached hydrogen (secondary N) is 2. The average molecular weight is 430 g/mol. The topological polar surface area (TPSA) is 70.7 Å². The highest BCUT2D eigenvalue weighted by Gasteiger charge is 2.27. The van der Waals surface area contributed by atoms with E-state index in [1.54, 1.807) is 12.0 Å². The molecule has 4 rings (SSSR count). The van der Waals surface area contributed by atoms with Crippen LogP contribution in [0.4, 0.5) is 16.2 Å². The number of benzene rings is 3. The molecule has 0 aromatic heterocycles. The summed E-state index contributed by atoms with van der Waals surface area (Å²) in [5, 5.41) is 5.91. The molecular formula is C26H27N3O3. The first-order chi connectivity index (χ1) is 15.6. The van der Waals surface area contributed by atoms with Crippen LogP contribution in [0.15, 0.2) is 78.9 Å². The molecule has 164 valence electrons. The normalized spacial score (nSPS) is 14.0. The van der Waals surface area contributed by atoms with Gasteiger partial charge in [-0.1, -0.05) is 54.6 Å². The fourth-order valence-electron chi connectivity index (χ4n) is 3.91. The molecule has 0 unspecified atom stereocenters. The fraction of sp³-hybridized carbons (Fsp3) is 0.231. The summed E-state index contributed by atoms with van der Waals surface area (Å²) >= 11 is 0. The van der Waals surface area contributed by atoms with Crippen molar-refractivity contribution < 1.29 is 14.3 Å². The molecule has 3 amide bonds. The van der Waals surface area contributed by atoms with Crippen molar-refractivity contribution in [3.8, 4) is 16.9 Å². The maximum atomic E-state index is 12.7. The van der Waals surface area contributed by atoms with E-state index in [1.807, 2.05) is 66.7 Å². The van der Waals surface area contributed by atoms with Crippen LogP contribution in [0.3, 0.4) is 0 Å². The minimum Gasteiger partial charge on any atom is -0.495 e. The monoisotopic (exact) mass is 429 g/mol. The largest absolute Gasteiger partial charge is 0.495 e. The molecule has 0 aliphatic carbocycles. The Balaban J connectivity index is 1.28. The molecule has 0 radical (unpaired) electrons. The Morgan fingerprint density at radius 2 is 1.44 bits per heavy atom. The number of hydrogen-bond donors (Lipinski definition) is 2. The number of amides is 3. The van der Waals surface area contributed by atoms with E-state index in [-0.39, 0.29) is 17.9 Å². The molecule has 0 bridgehead atoms. The van der Waals surface area contributed by atoms with E-state index >= 15 is 0 Å². The van der Waals surface area contributed by atoms with Gasteiger partial charge in [0.25, 0.3) is 0 Å². The van der Waals surface area contributed by atoms with Crippen molar-refractivity contribution in [3.05, 3.63) is 78.9 Å². The Kier molecular flexibility index (Phi) is 6.70. The van der Waals surface area contributed by atoms with Crippen LogP contribution in [0, 0.1) is 5.92 Å². The van der Waals surface area contributed by atoms with Crippen LogP contribution in [0.1, 0.15) is 12.8 Å². The summed E-state index contributed by atoms with van der Waals surface area (Å²) in [7, 11) is 1.58. The highest BCUT2D eigenvalue weighted by molar-refractivity contribution is 5.94. The Morgan fingerprint density at radius 1 is 0.812 bits per heavy atom. The number of carbonyl (C=O) groups excluding carboxylic acids is 2. The van der Waals surface area contributed by atoms with Crippen LogP contribution >= 0.6 is 0 Å². The van der Waals surface area contributed by atoms with Gasteiger partial charge in [-0.25, -0.2) is 4.79 Å². The summed E-state index contributed by atoms with van der Waals surface area (Å²) in [4.78, 5) is 27.1. The summed E-state index contributed by atoms with van der Waals surface area (Å²) in [5.74, 6) is 0.469. The van der Waals surface area contributed by atoms with Crippen molar-refractivity contribution in [1.29, 1.82) is 0 Å². The zero-order valence-electron chi connectivity index (χ0n) is 18.1. The smallest absolute Gasteiger partial charge is 0.321 e. The number of methoxy groups -OCH3 is 1. The molecule has 6 heteroatoms. The van der Waals surface area contributed by atoms with Gasteiger partial charge in [-0.2, -0.15) is 0 Å². The van der Waals surface area contributed by atoms with Crippen molar-refractivity contribution >= 4 is 23.3 Å². The van der Waals surface area contributed by atoms with E-state index < -0.39 is 0 Å². The van der Waals surface area contributed by atoms with E-state index in [2.05, 4.69) is 22.8 Å². The summed E-state index contributed by atoms with van der Waals surface area (Å²) in [5.41, 5.74) is 3.66. The number of piperidine rings is 1. The molecular weight excluding hydrogens is 402 g/mol. The van der Waals surface area contributed by atoms with Crippen LogP contribution in [0.25, 0.3) is 11.1 Å². The number of anilines is 2. The van der Waals surface area contributed by atoms with Crippen LogP contribution < -0.4 is 15.4 Å². The van der Waals surface area contributed by atoms with E-state index in [1.165, 1.54) is 0 Å². The lowest BCUT2D eigenvalue weighted by Crippen LogP contribution is -2.43. The molecule has 2 N–H and O–H groups in total. The van der Waals surface area contributed by atoms with Crippen molar-refractivity contribution in [2.75, 3.05) is 30.8 Å². The summed E-state index contributed by atoms with van der Waals surface area (Å²) < 4.78 is 5.30. The molecule has 1 fully saturated rings. The molecule has 0 atom stereocenters. The molecule has 0 saturated carbocycles. The van der Waals surface area contributed by atoms with Gasteiger partial charge in [-0.05, 0) is 48.2 Å². The first-order valence-corrected chi connectivity index (χ1v) is 10.8. The minimum absolute atomic E-state index is 0.0361. The maximum absolute atomic E-state index is 12.7. The standard InChI is InChI=1S/C26H27N3O3/c1-32-24-10-6-5-9-23(24)28-25(30)21-15-17-29(18-16-21)26(31)27-22-13-11-20(12-14-22)19-7-3-2-4-8-19/h2-14,21H,15-18H2,1H3,(H,27,31)(H,28,30). The van der Waals surface area contributed by atoms with Gasteiger partial charge in [-0.3, -0.25) is 4.79 Å². The third-order valence-corrected chi connectivity index (χ3v) is 5.76. The molecule has 1 heterocycles. The molecule has 1 aliphatic heterocycles. The van der Waals surface area contributed by atoms with Crippen LogP contribution in [-0.2, 0) is 4.79 Å². The van der Waals surface area contributed by atoms with Crippen molar-refractivity contribution in [2.24, 2.45) is 5.92 Å². The van der Waals surface area contributed by atoms with Gasteiger partial charge in [0.1, 0.15) is 5.75 Å². The van der Waals surface area contributed by atoms with E-state index in [9.17, 15) is 9.59 Å².